The van der Waals surface area contributed by atoms with Gasteiger partial charge in [-0.25, -0.2) is 4.79 Å². The molecule has 14 heavy (non-hydrogen) atoms. The molecule has 0 aliphatic carbocycles. The summed E-state index contributed by atoms with van der Waals surface area (Å²) in [5, 5.41) is 19.0. The van der Waals surface area contributed by atoms with Crippen molar-refractivity contribution >= 4 is 17.8 Å². The van der Waals surface area contributed by atoms with Crippen LogP contribution in [0, 0.1) is 0 Å². The Bertz CT molecular complexity index is 273. The Morgan fingerprint density at radius 2 is 1.93 bits per heavy atom. The predicted molar refractivity (Wildman–Crippen MR) is 45.0 cm³/mol. The van der Waals surface area contributed by atoms with Crippen LogP contribution < -0.4 is 11.1 Å². The smallest absolute Gasteiger partial charge is 0.328 e. The zero-order chi connectivity index (χ0) is 11.1. The number of nitrogens with two attached hydrogens (primary N) is 1. The zero-order valence-electron chi connectivity index (χ0n) is 7.14. The summed E-state index contributed by atoms with van der Waals surface area (Å²) in [5.74, 6) is -2.96. The zero-order valence-corrected chi connectivity index (χ0v) is 7.14. The van der Waals surface area contributed by atoms with E-state index in [9.17, 15) is 14.4 Å². The second-order valence-corrected chi connectivity index (χ2v) is 2.33. The number of primary amides is 1. The fourth-order valence-electron chi connectivity index (χ4n) is 0.504. The second-order valence-electron chi connectivity index (χ2n) is 2.33. The number of aliphatic carboxylic acids is 1. The number of carbonyl (C=O) groups excluding carboxylic acids is 2. The second kappa shape index (κ2) is 5.70. The molecule has 5 N–H and O–H groups in total. The van der Waals surface area contributed by atoms with Crippen molar-refractivity contribution in [2.75, 3.05) is 6.54 Å². The van der Waals surface area contributed by atoms with Crippen molar-refractivity contribution < 1.29 is 24.6 Å². The molecule has 1 unspecified atom stereocenters. The standard InChI is InChI=1S/C7H10N2O5/c8-7(14)4(10)3-9-5(11)1-2-6(12)13/h1-2,4,10H,3H2,(H2,8,14)(H,9,11)(H,12,13)/b2-1+. The Morgan fingerprint density at radius 3 is 2.36 bits per heavy atom. The summed E-state index contributed by atoms with van der Waals surface area (Å²) in [6.07, 6.45) is -0.0839. The highest BCUT2D eigenvalue weighted by molar-refractivity contribution is 5.94. The van der Waals surface area contributed by atoms with E-state index in [0.29, 0.717) is 6.08 Å². The normalized spacial score (nSPS) is 12.4. The molecule has 0 spiro atoms. The van der Waals surface area contributed by atoms with Gasteiger partial charge in [0.25, 0.3) is 0 Å². The first-order chi connectivity index (χ1) is 6.43. The number of rotatable bonds is 5. The monoisotopic (exact) mass is 202 g/mol. The van der Waals surface area contributed by atoms with Gasteiger partial charge in [0.2, 0.25) is 11.8 Å². The van der Waals surface area contributed by atoms with E-state index in [1.807, 2.05) is 0 Å². The minimum atomic E-state index is -1.47. The van der Waals surface area contributed by atoms with Crippen molar-refractivity contribution in [3.05, 3.63) is 12.2 Å². The minimum Gasteiger partial charge on any atom is -0.478 e. The number of aliphatic hydroxyl groups excluding tert-OH is 1. The predicted octanol–water partition coefficient (Wildman–Crippen LogP) is -2.41. The third-order valence-electron chi connectivity index (χ3n) is 1.18. The highest BCUT2D eigenvalue weighted by atomic mass is 16.4. The molecule has 0 saturated carbocycles. The van der Waals surface area contributed by atoms with Crippen molar-refractivity contribution in [1.29, 1.82) is 0 Å². The first kappa shape index (κ1) is 12.1. The summed E-state index contributed by atoms with van der Waals surface area (Å²) >= 11 is 0. The number of nitrogens with one attached hydrogen (secondary N) is 1. The van der Waals surface area contributed by atoms with Crippen molar-refractivity contribution in [2.45, 2.75) is 6.10 Å². The summed E-state index contributed by atoms with van der Waals surface area (Å²) in [7, 11) is 0. The van der Waals surface area contributed by atoms with Gasteiger partial charge in [-0.1, -0.05) is 0 Å². The number of amides is 2. The summed E-state index contributed by atoms with van der Waals surface area (Å²) in [6, 6.07) is 0. The van der Waals surface area contributed by atoms with Crippen molar-refractivity contribution in [3.8, 4) is 0 Å². The lowest BCUT2D eigenvalue weighted by Crippen LogP contribution is -2.39. The molecule has 0 aromatic rings. The first-order valence-corrected chi connectivity index (χ1v) is 3.59. The minimum absolute atomic E-state index is 0.349. The SMILES string of the molecule is NC(=O)C(O)CNC(=O)/C=C/C(=O)O. The molecule has 1 atom stereocenters. The van der Waals surface area contributed by atoms with Crippen LogP contribution in [0.4, 0.5) is 0 Å². The van der Waals surface area contributed by atoms with Crippen LogP contribution in [0.15, 0.2) is 12.2 Å². The lowest BCUT2D eigenvalue weighted by atomic mass is 10.3. The molecule has 7 nitrogen and oxygen atoms in total. The van der Waals surface area contributed by atoms with Gasteiger partial charge in [0.1, 0.15) is 6.10 Å². The molecule has 0 aromatic heterocycles. The summed E-state index contributed by atoms with van der Waals surface area (Å²) in [6.45, 7) is -0.349. The van der Waals surface area contributed by atoms with Crippen LogP contribution in [0.1, 0.15) is 0 Å². The Balaban J connectivity index is 3.86. The molecule has 0 heterocycles. The van der Waals surface area contributed by atoms with Crippen molar-refractivity contribution in [1.82, 2.24) is 5.32 Å². The van der Waals surface area contributed by atoms with E-state index in [2.05, 4.69) is 5.32 Å². The van der Waals surface area contributed by atoms with E-state index in [1.165, 1.54) is 0 Å². The lowest BCUT2D eigenvalue weighted by Gasteiger charge is -2.05. The van der Waals surface area contributed by atoms with Gasteiger partial charge in [-0.3, -0.25) is 9.59 Å². The van der Waals surface area contributed by atoms with Crippen LogP contribution in [0.3, 0.4) is 0 Å². The molecular weight excluding hydrogens is 192 g/mol. The third kappa shape index (κ3) is 5.72. The number of hydrogen-bond donors (Lipinski definition) is 4. The Hall–Kier alpha value is -1.89. The van der Waals surface area contributed by atoms with Crippen molar-refractivity contribution in [3.63, 3.8) is 0 Å². The molecule has 0 radical (unpaired) electrons. The number of carbonyl (C=O) groups is 3. The van der Waals surface area contributed by atoms with Crippen LogP contribution in [-0.4, -0.2) is 40.6 Å². The van der Waals surface area contributed by atoms with Crippen LogP contribution in [0.5, 0.6) is 0 Å². The molecule has 0 aliphatic rings. The first-order valence-electron chi connectivity index (χ1n) is 3.59. The highest BCUT2D eigenvalue weighted by Gasteiger charge is 2.10. The van der Waals surface area contributed by atoms with E-state index in [-0.39, 0.29) is 6.54 Å². The fraction of sp³-hybridized carbons (Fsp3) is 0.286. The van der Waals surface area contributed by atoms with Crippen LogP contribution in [0.25, 0.3) is 0 Å². The highest BCUT2D eigenvalue weighted by Crippen LogP contribution is 1.79. The molecule has 0 fully saturated rings. The average Bonchev–Trinajstić information content (AvgIpc) is 2.10. The van der Waals surface area contributed by atoms with Crippen LogP contribution >= 0.6 is 0 Å². The third-order valence-corrected chi connectivity index (χ3v) is 1.18. The van der Waals surface area contributed by atoms with Crippen LogP contribution in [-0.2, 0) is 14.4 Å². The topological polar surface area (TPSA) is 130 Å². The van der Waals surface area contributed by atoms with Gasteiger partial charge in [0.15, 0.2) is 0 Å². The molecule has 0 aliphatic heterocycles. The molecule has 0 bridgehead atoms. The molecule has 0 saturated heterocycles. The molecule has 2 amide bonds. The molecule has 0 aromatic carbocycles. The number of carboxylic acids is 1. The quantitative estimate of drug-likeness (QED) is 0.369. The van der Waals surface area contributed by atoms with Gasteiger partial charge >= 0.3 is 5.97 Å². The Morgan fingerprint density at radius 1 is 1.36 bits per heavy atom. The lowest BCUT2D eigenvalue weighted by molar-refractivity contribution is -0.132. The van der Waals surface area contributed by atoms with E-state index >= 15 is 0 Å². The molecule has 7 heteroatoms. The molecule has 0 rings (SSSR count). The fourth-order valence-corrected chi connectivity index (χ4v) is 0.504. The van der Waals surface area contributed by atoms with E-state index in [0.717, 1.165) is 6.08 Å². The summed E-state index contributed by atoms with van der Waals surface area (Å²) < 4.78 is 0. The maximum absolute atomic E-state index is 10.8. The number of aliphatic hydroxyl groups is 1. The van der Waals surface area contributed by atoms with E-state index in [1.54, 1.807) is 0 Å². The molecule has 78 valence electrons. The van der Waals surface area contributed by atoms with Gasteiger partial charge in [0, 0.05) is 12.2 Å². The Labute approximate surface area is 79.2 Å². The van der Waals surface area contributed by atoms with Gasteiger partial charge in [-0.05, 0) is 0 Å². The maximum Gasteiger partial charge on any atom is 0.328 e. The summed E-state index contributed by atoms with van der Waals surface area (Å²) in [5.41, 5.74) is 4.69. The van der Waals surface area contributed by atoms with Crippen molar-refractivity contribution in [2.24, 2.45) is 5.73 Å². The van der Waals surface area contributed by atoms with Gasteiger partial charge in [-0.2, -0.15) is 0 Å². The average molecular weight is 202 g/mol. The van der Waals surface area contributed by atoms with E-state index in [4.69, 9.17) is 15.9 Å². The van der Waals surface area contributed by atoms with Gasteiger partial charge in [0.05, 0.1) is 6.54 Å². The maximum atomic E-state index is 10.8. The van der Waals surface area contributed by atoms with E-state index < -0.39 is 23.9 Å². The number of hydrogen-bond acceptors (Lipinski definition) is 4. The van der Waals surface area contributed by atoms with Gasteiger partial charge < -0.3 is 21.3 Å². The Kier molecular flexibility index (Phi) is 4.93. The van der Waals surface area contributed by atoms with Gasteiger partial charge in [-0.15, -0.1) is 0 Å². The number of carboxylic acid groups (broad SMARTS) is 1. The van der Waals surface area contributed by atoms with Crippen LogP contribution in [0.2, 0.25) is 0 Å². The largest absolute Gasteiger partial charge is 0.478 e. The molecular formula is C7H10N2O5. The summed E-state index contributed by atoms with van der Waals surface area (Å²) in [4.78, 5) is 31.0.